The van der Waals surface area contributed by atoms with Crippen LogP contribution in [0.4, 0.5) is 11.5 Å². The van der Waals surface area contributed by atoms with Crippen LogP contribution < -0.4 is 22.3 Å². The molecule has 0 spiro atoms. The SMILES string of the molecule is Cc1ccc(NCC(=O)c2c(N)n(CC(C)C)c(=O)n(C)c2=O)cc1. The highest BCUT2D eigenvalue weighted by atomic mass is 16.2. The standard InChI is InChI=1S/C18H24N4O3/c1-11(2)10-22-16(19)15(17(24)21(4)18(22)25)14(23)9-20-13-7-5-12(3)6-8-13/h5-8,11,20H,9-10,19H2,1-4H3. The fourth-order valence-electron chi connectivity index (χ4n) is 2.53. The van der Waals surface area contributed by atoms with Crippen LogP contribution in [0.5, 0.6) is 0 Å². The van der Waals surface area contributed by atoms with Crippen molar-refractivity contribution in [3.8, 4) is 0 Å². The third kappa shape index (κ3) is 3.99. The Labute approximate surface area is 146 Å². The maximum Gasteiger partial charge on any atom is 0.332 e. The minimum atomic E-state index is -0.668. The lowest BCUT2D eigenvalue weighted by molar-refractivity contribution is 0.100. The van der Waals surface area contributed by atoms with E-state index in [0.717, 1.165) is 15.8 Å². The summed E-state index contributed by atoms with van der Waals surface area (Å²) in [5, 5.41) is 2.98. The molecule has 1 aromatic carbocycles. The van der Waals surface area contributed by atoms with E-state index in [9.17, 15) is 14.4 Å². The van der Waals surface area contributed by atoms with Crippen LogP contribution in [-0.4, -0.2) is 21.5 Å². The van der Waals surface area contributed by atoms with Crippen LogP contribution in [0.25, 0.3) is 0 Å². The topological polar surface area (TPSA) is 99.1 Å². The van der Waals surface area contributed by atoms with Gasteiger partial charge in [-0.3, -0.25) is 18.7 Å². The molecular weight excluding hydrogens is 320 g/mol. The Kier molecular flexibility index (Phi) is 5.46. The Balaban J connectivity index is 2.35. The van der Waals surface area contributed by atoms with E-state index < -0.39 is 17.0 Å². The van der Waals surface area contributed by atoms with Crippen molar-refractivity contribution in [1.82, 2.24) is 9.13 Å². The van der Waals surface area contributed by atoms with Crippen molar-refractivity contribution in [3.05, 3.63) is 56.2 Å². The molecule has 2 rings (SSSR count). The van der Waals surface area contributed by atoms with E-state index in [1.165, 1.54) is 11.6 Å². The fraction of sp³-hybridized carbons (Fsp3) is 0.389. The summed E-state index contributed by atoms with van der Waals surface area (Å²) in [6.07, 6.45) is 0. The number of nitrogens with zero attached hydrogens (tertiary/aromatic N) is 2. The highest BCUT2D eigenvalue weighted by Gasteiger charge is 2.21. The Morgan fingerprint density at radius 2 is 1.80 bits per heavy atom. The number of aromatic nitrogens is 2. The molecule has 0 atom stereocenters. The minimum Gasteiger partial charge on any atom is -0.384 e. The molecule has 0 unspecified atom stereocenters. The third-order valence-electron chi connectivity index (χ3n) is 3.91. The number of hydrogen-bond acceptors (Lipinski definition) is 5. The molecule has 1 aromatic heterocycles. The van der Waals surface area contributed by atoms with Gasteiger partial charge in [0.2, 0.25) is 0 Å². The fourth-order valence-corrected chi connectivity index (χ4v) is 2.53. The summed E-state index contributed by atoms with van der Waals surface area (Å²) in [5.74, 6) is -0.375. The lowest BCUT2D eigenvalue weighted by Gasteiger charge is -2.16. The molecular formula is C18H24N4O3. The smallest absolute Gasteiger partial charge is 0.332 e. The Morgan fingerprint density at radius 3 is 2.36 bits per heavy atom. The number of Topliss-reactive ketones (excluding diaryl/α,β-unsaturated/α-hetero) is 1. The van der Waals surface area contributed by atoms with Gasteiger partial charge in [-0.1, -0.05) is 31.5 Å². The van der Waals surface area contributed by atoms with E-state index >= 15 is 0 Å². The van der Waals surface area contributed by atoms with Crippen LogP contribution >= 0.6 is 0 Å². The second kappa shape index (κ2) is 7.38. The van der Waals surface area contributed by atoms with Crippen LogP contribution in [0.3, 0.4) is 0 Å². The summed E-state index contributed by atoms with van der Waals surface area (Å²) in [6, 6.07) is 7.54. The van der Waals surface area contributed by atoms with Crippen molar-refractivity contribution < 1.29 is 4.79 Å². The molecule has 25 heavy (non-hydrogen) atoms. The van der Waals surface area contributed by atoms with E-state index in [2.05, 4.69) is 5.32 Å². The van der Waals surface area contributed by atoms with Gasteiger partial charge in [-0.25, -0.2) is 4.79 Å². The van der Waals surface area contributed by atoms with Crippen molar-refractivity contribution in [2.45, 2.75) is 27.3 Å². The summed E-state index contributed by atoms with van der Waals surface area (Å²) in [5.41, 5.74) is 6.53. The van der Waals surface area contributed by atoms with Crippen molar-refractivity contribution >= 4 is 17.3 Å². The molecule has 134 valence electrons. The average molecular weight is 344 g/mol. The third-order valence-corrected chi connectivity index (χ3v) is 3.91. The molecule has 0 bridgehead atoms. The molecule has 0 aliphatic rings. The molecule has 0 radical (unpaired) electrons. The first-order valence-electron chi connectivity index (χ1n) is 8.15. The Bertz CT molecular complexity index is 892. The van der Waals surface area contributed by atoms with Gasteiger partial charge in [0.1, 0.15) is 11.4 Å². The molecule has 0 saturated carbocycles. The van der Waals surface area contributed by atoms with Gasteiger partial charge < -0.3 is 11.1 Å². The van der Waals surface area contributed by atoms with Crippen LogP contribution in [0.1, 0.15) is 29.8 Å². The van der Waals surface area contributed by atoms with Gasteiger partial charge in [-0.15, -0.1) is 0 Å². The zero-order valence-corrected chi connectivity index (χ0v) is 15.0. The zero-order chi connectivity index (χ0) is 18.7. The molecule has 3 N–H and O–H groups in total. The van der Waals surface area contributed by atoms with Crippen LogP contribution in [0.15, 0.2) is 33.9 Å². The zero-order valence-electron chi connectivity index (χ0n) is 15.0. The first kappa shape index (κ1) is 18.5. The highest BCUT2D eigenvalue weighted by molar-refractivity contribution is 6.02. The molecule has 2 aromatic rings. The monoisotopic (exact) mass is 344 g/mol. The number of hydrogen-bond donors (Lipinski definition) is 2. The number of nitrogens with two attached hydrogens (primary N) is 1. The van der Waals surface area contributed by atoms with Gasteiger partial charge in [-0.2, -0.15) is 0 Å². The number of carbonyl (C=O) groups is 1. The lowest BCUT2D eigenvalue weighted by Crippen LogP contribution is -2.43. The van der Waals surface area contributed by atoms with Gasteiger partial charge >= 0.3 is 5.69 Å². The number of carbonyl (C=O) groups excluding carboxylic acids is 1. The number of anilines is 2. The second-order valence-electron chi connectivity index (χ2n) is 6.55. The lowest BCUT2D eigenvalue weighted by atomic mass is 10.1. The number of benzene rings is 1. The van der Waals surface area contributed by atoms with E-state index in [4.69, 9.17) is 5.73 Å². The highest BCUT2D eigenvalue weighted by Crippen LogP contribution is 2.11. The van der Waals surface area contributed by atoms with E-state index in [1.807, 2.05) is 45.0 Å². The molecule has 0 saturated heterocycles. The molecule has 0 amide bonds. The molecule has 1 heterocycles. The molecule has 7 nitrogen and oxygen atoms in total. The number of rotatable bonds is 6. The molecule has 0 aliphatic heterocycles. The summed E-state index contributed by atoms with van der Waals surface area (Å²) in [7, 11) is 1.35. The summed E-state index contributed by atoms with van der Waals surface area (Å²) in [6.45, 7) is 6.08. The maximum absolute atomic E-state index is 12.6. The van der Waals surface area contributed by atoms with Crippen molar-refractivity contribution in [1.29, 1.82) is 0 Å². The Hall–Kier alpha value is -2.83. The summed E-state index contributed by atoms with van der Waals surface area (Å²) < 4.78 is 2.21. The van der Waals surface area contributed by atoms with E-state index in [1.54, 1.807) is 0 Å². The van der Waals surface area contributed by atoms with Crippen LogP contribution in [0.2, 0.25) is 0 Å². The average Bonchev–Trinajstić information content (AvgIpc) is 2.56. The quantitative estimate of drug-likeness (QED) is 0.772. The van der Waals surface area contributed by atoms with E-state index in [0.29, 0.717) is 6.54 Å². The second-order valence-corrected chi connectivity index (χ2v) is 6.55. The summed E-state index contributed by atoms with van der Waals surface area (Å²) >= 11 is 0. The summed E-state index contributed by atoms with van der Waals surface area (Å²) in [4.78, 5) is 37.2. The van der Waals surface area contributed by atoms with Crippen molar-refractivity contribution in [2.75, 3.05) is 17.6 Å². The predicted octanol–water partition coefficient (Wildman–Crippen LogP) is 1.39. The van der Waals surface area contributed by atoms with Gasteiger partial charge in [0, 0.05) is 19.3 Å². The number of ketones is 1. The predicted molar refractivity (Wildman–Crippen MR) is 99.2 cm³/mol. The number of nitrogen functional groups attached to an aromatic ring is 1. The molecule has 7 heteroatoms. The first-order valence-corrected chi connectivity index (χ1v) is 8.15. The molecule has 0 fully saturated rings. The minimum absolute atomic E-state index is 0.0718. The van der Waals surface area contributed by atoms with E-state index in [-0.39, 0.29) is 23.8 Å². The van der Waals surface area contributed by atoms with Crippen LogP contribution in [0, 0.1) is 12.8 Å². The van der Waals surface area contributed by atoms with Gasteiger partial charge in [0.15, 0.2) is 5.78 Å². The van der Waals surface area contributed by atoms with Crippen molar-refractivity contribution in [3.63, 3.8) is 0 Å². The van der Waals surface area contributed by atoms with Crippen molar-refractivity contribution in [2.24, 2.45) is 13.0 Å². The van der Waals surface area contributed by atoms with Crippen LogP contribution in [-0.2, 0) is 13.6 Å². The van der Waals surface area contributed by atoms with Gasteiger partial charge in [0.25, 0.3) is 5.56 Å². The van der Waals surface area contributed by atoms with Gasteiger partial charge in [-0.05, 0) is 25.0 Å². The first-order chi connectivity index (χ1) is 11.7. The number of aryl methyl sites for hydroxylation is 1. The Morgan fingerprint density at radius 1 is 1.20 bits per heavy atom. The molecule has 0 aliphatic carbocycles. The normalized spacial score (nSPS) is 10.9. The number of nitrogens with one attached hydrogen (secondary N) is 1. The largest absolute Gasteiger partial charge is 0.384 e. The van der Waals surface area contributed by atoms with Gasteiger partial charge in [0.05, 0.1) is 6.54 Å². The maximum atomic E-state index is 12.6.